The van der Waals surface area contributed by atoms with Gasteiger partial charge in [-0.2, -0.15) is 0 Å². The molecule has 3 N–H and O–H groups in total. The summed E-state index contributed by atoms with van der Waals surface area (Å²) >= 11 is 0. The molecule has 0 aliphatic heterocycles. The van der Waals surface area contributed by atoms with Crippen molar-refractivity contribution < 1.29 is 15.1 Å². The van der Waals surface area contributed by atoms with Crippen molar-refractivity contribution in [1.82, 2.24) is 0 Å². The second-order valence-electron chi connectivity index (χ2n) is 2.10. The van der Waals surface area contributed by atoms with Crippen LogP contribution in [0.1, 0.15) is 25.7 Å². The van der Waals surface area contributed by atoms with E-state index >= 15 is 0 Å². The highest BCUT2D eigenvalue weighted by Crippen LogP contribution is 2.07. The van der Waals surface area contributed by atoms with E-state index in [-0.39, 0.29) is 0 Å². The van der Waals surface area contributed by atoms with Crippen molar-refractivity contribution in [1.29, 1.82) is 0 Å². The Morgan fingerprint density at radius 1 is 0.900 bits per heavy atom. The maximum atomic E-state index is 7.17. The van der Waals surface area contributed by atoms with E-state index < -0.39 is 7.32 Å². The highest BCUT2D eigenvalue weighted by Gasteiger charge is 1.92. The van der Waals surface area contributed by atoms with Gasteiger partial charge in [-0.3, -0.25) is 0 Å². The van der Waals surface area contributed by atoms with Crippen LogP contribution in [0.15, 0.2) is 12.2 Å². The first-order valence-electron chi connectivity index (χ1n) is 3.42. The zero-order chi connectivity index (χ0) is 7.82. The average molecular weight is 144 g/mol. The molecule has 1 aliphatic rings. The number of hydrogen-bond donors (Lipinski definition) is 3. The summed E-state index contributed by atoms with van der Waals surface area (Å²) < 4.78 is 0. The van der Waals surface area contributed by atoms with Gasteiger partial charge in [-0.25, -0.2) is 0 Å². The molecule has 0 fully saturated rings. The second-order valence-corrected chi connectivity index (χ2v) is 2.10. The van der Waals surface area contributed by atoms with Crippen LogP contribution in [0.3, 0.4) is 0 Å². The van der Waals surface area contributed by atoms with Crippen LogP contribution in [-0.2, 0) is 0 Å². The summed E-state index contributed by atoms with van der Waals surface area (Å²) in [5.74, 6) is 0. The normalized spacial score (nSPS) is 15.5. The van der Waals surface area contributed by atoms with Gasteiger partial charge in [0, 0.05) is 0 Å². The Hall–Kier alpha value is -0.315. The first kappa shape index (κ1) is 9.68. The van der Waals surface area contributed by atoms with Crippen LogP contribution in [-0.4, -0.2) is 22.4 Å². The van der Waals surface area contributed by atoms with Crippen molar-refractivity contribution in [2.75, 3.05) is 0 Å². The smallest absolute Gasteiger partial charge is 0.402 e. The Balaban J connectivity index is 0.000000180. The summed E-state index contributed by atoms with van der Waals surface area (Å²) in [6.07, 6.45) is 10.0. The molecule has 3 nitrogen and oxygen atoms in total. The van der Waals surface area contributed by atoms with E-state index in [0.29, 0.717) is 0 Å². The predicted octanol–water partition coefficient (Wildman–Crippen LogP) is 0.0648. The zero-order valence-corrected chi connectivity index (χ0v) is 5.90. The fourth-order valence-corrected chi connectivity index (χ4v) is 0.760. The monoisotopic (exact) mass is 144 g/mol. The van der Waals surface area contributed by atoms with Gasteiger partial charge in [-0.05, 0) is 25.7 Å². The molecule has 0 radical (unpaired) electrons. The van der Waals surface area contributed by atoms with Crippen molar-refractivity contribution >= 4 is 7.32 Å². The van der Waals surface area contributed by atoms with Crippen molar-refractivity contribution in [2.45, 2.75) is 25.7 Å². The van der Waals surface area contributed by atoms with E-state index in [9.17, 15) is 0 Å². The summed E-state index contributed by atoms with van der Waals surface area (Å²) in [7, 11) is -2.17. The highest BCUT2D eigenvalue weighted by molar-refractivity contribution is 6.30. The van der Waals surface area contributed by atoms with Crippen LogP contribution in [0, 0.1) is 0 Å². The minimum atomic E-state index is -2.17. The number of hydrogen-bond acceptors (Lipinski definition) is 3. The standard InChI is InChI=1S/C6H10.BH3O3/c1-2-4-6-5-3-1;2-1(3)4/h1-2H,3-6H2;2-4H. The van der Waals surface area contributed by atoms with Crippen molar-refractivity contribution in [2.24, 2.45) is 0 Å². The van der Waals surface area contributed by atoms with Crippen LogP contribution in [0.25, 0.3) is 0 Å². The molecule has 0 bridgehead atoms. The Kier molecular flexibility index (Phi) is 6.59. The summed E-state index contributed by atoms with van der Waals surface area (Å²) in [6.45, 7) is 0. The van der Waals surface area contributed by atoms with E-state index in [2.05, 4.69) is 12.2 Å². The maximum Gasteiger partial charge on any atom is 0.631 e. The minimum absolute atomic E-state index is 1.32. The SMILES string of the molecule is C1=CCCCC1.OB(O)O. The molecule has 0 aromatic carbocycles. The summed E-state index contributed by atoms with van der Waals surface area (Å²) in [4.78, 5) is 0. The molecule has 0 saturated carbocycles. The third-order valence-corrected chi connectivity index (χ3v) is 1.16. The van der Waals surface area contributed by atoms with Gasteiger partial charge in [0.2, 0.25) is 0 Å². The quantitative estimate of drug-likeness (QED) is 0.333. The molecule has 0 heterocycles. The molecule has 0 saturated heterocycles. The van der Waals surface area contributed by atoms with Crippen molar-refractivity contribution in [3.63, 3.8) is 0 Å². The van der Waals surface area contributed by atoms with Gasteiger partial charge in [-0.1, -0.05) is 12.2 Å². The second kappa shape index (κ2) is 6.80. The maximum absolute atomic E-state index is 7.17. The Bertz CT molecular complexity index is 82.2. The molecule has 0 amide bonds. The lowest BCUT2D eigenvalue weighted by Gasteiger charge is -1.97. The third kappa shape index (κ3) is 10.6. The van der Waals surface area contributed by atoms with Crippen LogP contribution in [0.4, 0.5) is 0 Å². The van der Waals surface area contributed by atoms with Crippen LogP contribution < -0.4 is 0 Å². The van der Waals surface area contributed by atoms with E-state index in [0.717, 1.165) is 0 Å². The van der Waals surface area contributed by atoms with Crippen molar-refractivity contribution in [3.8, 4) is 0 Å². The van der Waals surface area contributed by atoms with Crippen LogP contribution >= 0.6 is 0 Å². The van der Waals surface area contributed by atoms with Crippen LogP contribution in [0.2, 0.25) is 0 Å². The molecule has 0 aromatic rings. The lowest BCUT2D eigenvalue weighted by atomic mass is 10.1. The summed E-state index contributed by atoms with van der Waals surface area (Å²) in [5.41, 5.74) is 0. The van der Waals surface area contributed by atoms with Gasteiger partial charge in [0.25, 0.3) is 0 Å². The van der Waals surface area contributed by atoms with Crippen LogP contribution in [0.5, 0.6) is 0 Å². The number of rotatable bonds is 0. The summed E-state index contributed by atoms with van der Waals surface area (Å²) in [5, 5.41) is 21.5. The molecular weight excluding hydrogens is 131 g/mol. The third-order valence-electron chi connectivity index (χ3n) is 1.16. The van der Waals surface area contributed by atoms with E-state index in [1.54, 1.807) is 0 Å². The molecule has 58 valence electrons. The van der Waals surface area contributed by atoms with Gasteiger partial charge in [0.1, 0.15) is 0 Å². The topological polar surface area (TPSA) is 60.7 Å². The largest absolute Gasteiger partial charge is 0.631 e. The van der Waals surface area contributed by atoms with Gasteiger partial charge in [-0.15, -0.1) is 0 Å². The van der Waals surface area contributed by atoms with Gasteiger partial charge in [0.15, 0.2) is 0 Å². The average Bonchev–Trinajstić information content (AvgIpc) is 1.90. The lowest BCUT2D eigenvalue weighted by Crippen LogP contribution is -2.07. The summed E-state index contributed by atoms with van der Waals surface area (Å²) in [6, 6.07) is 0. The van der Waals surface area contributed by atoms with E-state index in [1.807, 2.05) is 0 Å². The zero-order valence-electron chi connectivity index (χ0n) is 5.90. The molecule has 1 aliphatic carbocycles. The highest BCUT2D eigenvalue weighted by atomic mass is 16.5. The predicted molar refractivity (Wildman–Crippen MR) is 40.0 cm³/mol. The fraction of sp³-hybridized carbons (Fsp3) is 0.667. The fourth-order valence-electron chi connectivity index (χ4n) is 0.760. The van der Waals surface area contributed by atoms with Gasteiger partial charge >= 0.3 is 7.32 Å². The Morgan fingerprint density at radius 2 is 1.20 bits per heavy atom. The lowest BCUT2D eigenvalue weighted by molar-refractivity contribution is 0.278. The molecule has 1 rings (SSSR count). The molecule has 0 aromatic heterocycles. The number of allylic oxidation sites excluding steroid dienone is 2. The molecule has 0 spiro atoms. The first-order chi connectivity index (χ1) is 4.73. The molecule has 4 heteroatoms. The Morgan fingerprint density at radius 3 is 1.30 bits per heavy atom. The van der Waals surface area contributed by atoms with Gasteiger partial charge < -0.3 is 15.1 Å². The molecule has 0 atom stereocenters. The molecule has 0 unspecified atom stereocenters. The molecular formula is C6H13BO3. The Labute approximate surface area is 61.2 Å². The van der Waals surface area contributed by atoms with Crippen molar-refractivity contribution in [3.05, 3.63) is 12.2 Å². The van der Waals surface area contributed by atoms with E-state index in [1.165, 1.54) is 25.7 Å². The minimum Gasteiger partial charge on any atom is -0.402 e. The molecule has 10 heavy (non-hydrogen) atoms. The first-order valence-corrected chi connectivity index (χ1v) is 3.42. The van der Waals surface area contributed by atoms with E-state index in [4.69, 9.17) is 15.1 Å². The van der Waals surface area contributed by atoms with Gasteiger partial charge in [0.05, 0.1) is 0 Å².